The van der Waals surface area contributed by atoms with Crippen LogP contribution in [0.3, 0.4) is 0 Å². The number of alkyl halides is 1. The van der Waals surface area contributed by atoms with E-state index in [9.17, 15) is 4.79 Å². The van der Waals surface area contributed by atoms with Crippen LogP contribution in [0.4, 0.5) is 0 Å². The summed E-state index contributed by atoms with van der Waals surface area (Å²) in [5.41, 5.74) is 1.78. The van der Waals surface area contributed by atoms with E-state index in [1.165, 1.54) is 0 Å². The highest BCUT2D eigenvalue weighted by Crippen LogP contribution is 2.17. The zero-order valence-corrected chi connectivity index (χ0v) is 12.6. The lowest BCUT2D eigenvalue weighted by atomic mass is 10.1. The van der Waals surface area contributed by atoms with Gasteiger partial charge in [-0.15, -0.1) is 11.6 Å². The van der Waals surface area contributed by atoms with Gasteiger partial charge in [-0.25, -0.2) is 0 Å². The Morgan fingerprint density at radius 2 is 2.12 bits per heavy atom. The molecule has 0 saturated heterocycles. The number of carbonyl (C=O) groups is 1. The first-order valence-electron chi connectivity index (χ1n) is 5.61. The van der Waals surface area contributed by atoms with Crippen molar-refractivity contribution in [2.45, 2.75) is 38.6 Å². The molecule has 0 radical (unpaired) electrons. The first-order valence-corrected chi connectivity index (χ1v) is 6.84. The summed E-state index contributed by atoms with van der Waals surface area (Å²) >= 11 is 9.31. The molecule has 0 bridgehead atoms. The molecule has 2 atom stereocenters. The lowest BCUT2D eigenvalue weighted by Gasteiger charge is -2.15. The topological polar surface area (TPSA) is 29.1 Å². The summed E-state index contributed by atoms with van der Waals surface area (Å²) in [6, 6.07) is 5.66. The summed E-state index contributed by atoms with van der Waals surface area (Å²) in [5.74, 6) is -0.0597. The molecular weight excluding hydrogens is 302 g/mol. The molecule has 0 aliphatic heterocycles. The van der Waals surface area contributed by atoms with Crippen molar-refractivity contribution < 1.29 is 4.79 Å². The number of rotatable bonds is 4. The molecule has 0 heterocycles. The van der Waals surface area contributed by atoms with Gasteiger partial charge >= 0.3 is 0 Å². The third-order valence-corrected chi connectivity index (χ3v) is 3.52. The number of hydrogen-bond donors (Lipinski definition) is 1. The van der Waals surface area contributed by atoms with E-state index in [1.54, 1.807) is 0 Å². The van der Waals surface area contributed by atoms with Crippen molar-refractivity contribution in [3.8, 4) is 0 Å². The maximum atomic E-state index is 11.9. The Morgan fingerprint density at radius 1 is 1.47 bits per heavy atom. The van der Waals surface area contributed by atoms with E-state index in [1.807, 2.05) is 39.0 Å². The molecule has 1 rings (SSSR count). The Morgan fingerprint density at radius 3 is 2.65 bits per heavy atom. The summed E-state index contributed by atoms with van der Waals surface area (Å²) in [4.78, 5) is 11.9. The molecule has 0 fully saturated rings. The third-order valence-electron chi connectivity index (χ3n) is 2.49. The van der Waals surface area contributed by atoms with Crippen LogP contribution in [-0.2, 0) is 0 Å². The average molecular weight is 319 g/mol. The summed E-state index contributed by atoms with van der Waals surface area (Å²) in [6.45, 7) is 5.87. The van der Waals surface area contributed by atoms with Gasteiger partial charge in [-0.1, -0.05) is 22.0 Å². The second kappa shape index (κ2) is 6.41. The molecule has 0 spiro atoms. The van der Waals surface area contributed by atoms with Crippen LogP contribution in [-0.4, -0.2) is 17.3 Å². The minimum atomic E-state index is -0.0597. The predicted octanol–water partition coefficient (Wildman–Crippen LogP) is 3.89. The van der Waals surface area contributed by atoms with E-state index < -0.39 is 0 Å². The predicted molar refractivity (Wildman–Crippen MR) is 75.7 cm³/mol. The number of carbonyl (C=O) groups excluding carboxylic acids is 1. The third kappa shape index (κ3) is 4.68. The van der Waals surface area contributed by atoms with Crippen LogP contribution in [0.5, 0.6) is 0 Å². The number of nitrogens with one attached hydrogen (secondary N) is 1. The van der Waals surface area contributed by atoms with Gasteiger partial charge in [0.25, 0.3) is 5.91 Å². The van der Waals surface area contributed by atoms with Crippen LogP contribution in [0, 0.1) is 6.92 Å². The largest absolute Gasteiger partial charge is 0.350 e. The van der Waals surface area contributed by atoms with Crippen molar-refractivity contribution >= 4 is 33.4 Å². The summed E-state index contributed by atoms with van der Waals surface area (Å²) in [6.07, 6.45) is 0.764. The van der Waals surface area contributed by atoms with Crippen LogP contribution in [0.25, 0.3) is 0 Å². The molecule has 94 valence electrons. The Kier molecular flexibility index (Phi) is 5.47. The Labute approximate surface area is 116 Å². The zero-order chi connectivity index (χ0) is 13.0. The normalized spacial score (nSPS) is 14.2. The van der Waals surface area contributed by atoms with Crippen molar-refractivity contribution in [3.05, 3.63) is 33.8 Å². The second-order valence-electron chi connectivity index (χ2n) is 4.35. The van der Waals surface area contributed by atoms with E-state index >= 15 is 0 Å². The highest BCUT2D eigenvalue weighted by atomic mass is 79.9. The van der Waals surface area contributed by atoms with Gasteiger partial charge in [0.15, 0.2) is 0 Å². The fraction of sp³-hybridized carbons (Fsp3) is 0.462. The SMILES string of the molecule is Cc1ccc(C(=O)NC(C)CC(C)Cl)cc1Br. The molecular formula is C13H17BrClNO. The molecule has 0 saturated carbocycles. The maximum Gasteiger partial charge on any atom is 0.251 e. The smallest absolute Gasteiger partial charge is 0.251 e. The van der Waals surface area contributed by atoms with Gasteiger partial charge in [0.2, 0.25) is 0 Å². The first-order chi connectivity index (χ1) is 7.90. The van der Waals surface area contributed by atoms with Gasteiger partial charge in [0, 0.05) is 21.5 Å². The molecule has 4 heteroatoms. The Hall–Kier alpha value is -0.540. The molecule has 0 aliphatic carbocycles. The van der Waals surface area contributed by atoms with Crippen LogP contribution in [0.2, 0.25) is 0 Å². The minimum Gasteiger partial charge on any atom is -0.350 e. The molecule has 1 amide bonds. The monoisotopic (exact) mass is 317 g/mol. The van der Waals surface area contributed by atoms with Gasteiger partial charge in [0.05, 0.1) is 0 Å². The van der Waals surface area contributed by atoms with Crippen molar-refractivity contribution in [2.24, 2.45) is 0 Å². The van der Waals surface area contributed by atoms with Crippen LogP contribution < -0.4 is 5.32 Å². The Balaban J connectivity index is 2.66. The van der Waals surface area contributed by atoms with Crippen LogP contribution in [0.15, 0.2) is 22.7 Å². The van der Waals surface area contributed by atoms with E-state index in [2.05, 4.69) is 21.2 Å². The summed E-state index contributed by atoms with van der Waals surface area (Å²) in [5, 5.41) is 2.99. The minimum absolute atomic E-state index is 0.0597. The quantitative estimate of drug-likeness (QED) is 0.838. The molecule has 1 aromatic carbocycles. The maximum absolute atomic E-state index is 11.9. The van der Waals surface area contributed by atoms with E-state index in [4.69, 9.17) is 11.6 Å². The number of aryl methyl sites for hydroxylation is 1. The number of benzene rings is 1. The van der Waals surface area contributed by atoms with E-state index in [0.29, 0.717) is 5.56 Å². The fourth-order valence-electron chi connectivity index (χ4n) is 1.59. The van der Waals surface area contributed by atoms with Gasteiger partial charge < -0.3 is 5.32 Å². The Bertz CT molecular complexity index is 406. The van der Waals surface area contributed by atoms with Crippen molar-refractivity contribution in [1.82, 2.24) is 5.32 Å². The molecule has 0 aliphatic rings. The van der Waals surface area contributed by atoms with E-state index in [0.717, 1.165) is 16.5 Å². The average Bonchev–Trinajstić information content (AvgIpc) is 2.20. The van der Waals surface area contributed by atoms with Gasteiger partial charge in [0.1, 0.15) is 0 Å². The van der Waals surface area contributed by atoms with Crippen LogP contribution in [0.1, 0.15) is 36.2 Å². The van der Waals surface area contributed by atoms with Gasteiger partial charge in [-0.05, 0) is 44.9 Å². The van der Waals surface area contributed by atoms with Crippen molar-refractivity contribution in [2.75, 3.05) is 0 Å². The molecule has 2 unspecified atom stereocenters. The highest BCUT2D eigenvalue weighted by molar-refractivity contribution is 9.10. The number of amides is 1. The summed E-state index contributed by atoms with van der Waals surface area (Å²) < 4.78 is 0.948. The van der Waals surface area contributed by atoms with E-state index in [-0.39, 0.29) is 17.3 Å². The first kappa shape index (κ1) is 14.5. The molecule has 2 nitrogen and oxygen atoms in total. The lowest BCUT2D eigenvalue weighted by Crippen LogP contribution is -2.33. The van der Waals surface area contributed by atoms with Gasteiger partial charge in [-0.2, -0.15) is 0 Å². The second-order valence-corrected chi connectivity index (χ2v) is 5.95. The fourth-order valence-corrected chi connectivity index (χ4v) is 2.23. The van der Waals surface area contributed by atoms with Gasteiger partial charge in [-0.3, -0.25) is 4.79 Å². The number of halogens is 2. The highest BCUT2D eigenvalue weighted by Gasteiger charge is 2.12. The van der Waals surface area contributed by atoms with Crippen LogP contribution >= 0.6 is 27.5 Å². The molecule has 17 heavy (non-hydrogen) atoms. The molecule has 0 aromatic heterocycles. The standard InChI is InChI=1S/C13H17BrClNO/c1-8-4-5-11(7-12(8)14)13(17)16-10(3)6-9(2)15/h4-5,7,9-10H,6H2,1-3H3,(H,16,17). The van der Waals surface area contributed by atoms with Crippen molar-refractivity contribution in [1.29, 1.82) is 0 Å². The van der Waals surface area contributed by atoms with Crippen molar-refractivity contribution in [3.63, 3.8) is 0 Å². The number of hydrogen-bond acceptors (Lipinski definition) is 1. The zero-order valence-electron chi connectivity index (χ0n) is 10.3. The molecule has 1 N–H and O–H groups in total. The summed E-state index contributed by atoms with van der Waals surface area (Å²) in [7, 11) is 0. The molecule has 1 aromatic rings. The lowest BCUT2D eigenvalue weighted by molar-refractivity contribution is 0.0938.